The van der Waals surface area contributed by atoms with Gasteiger partial charge in [-0.25, -0.2) is 4.39 Å². The van der Waals surface area contributed by atoms with Crippen LogP contribution in [0.15, 0.2) is 78.9 Å². The van der Waals surface area contributed by atoms with Crippen molar-refractivity contribution >= 4 is 11.8 Å². The maximum atomic E-state index is 13.5. The van der Waals surface area contributed by atoms with Crippen molar-refractivity contribution in [2.24, 2.45) is 0 Å². The van der Waals surface area contributed by atoms with Crippen LogP contribution in [0.25, 0.3) is 0 Å². The molecule has 0 saturated carbocycles. The molecule has 1 unspecified atom stereocenters. The number of hydrogen-bond donors (Lipinski definition) is 1. The van der Waals surface area contributed by atoms with Crippen LogP contribution in [-0.2, 0) is 29.0 Å². The molecule has 172 valence electrons. The Bertz CT molecular complexity index is 1030. The van der Waals surface area contributed by atoms with E-state index in [1.54, 1.807) is 17.0 Å². The number of carbonyl (C=O) groups excluding carboxylic acids is 2. The Labute approximate surface area is 195 Å². The summed E-state index contributed by atoms with van der Waals surface area (Å²) in [4.78, 5) is 28.4. The van der Waals surface area contributed by atoms with Crippen LogP contribution in [-0.4, -0.2) is 29.3 Å². The summed E-state index contributed by atoms with van der Waals surface area (Å²) in [5, 5.41) is 2.97. The highest BCUT2D eigenvalue weighted by atomic mass is 19.1. The molecule has 0 aromatic heterocycles. The van der Waals surface area contributed by atoms with E-state index in [0.717, 1.165) is 23.1 Å². The van der Waals surface area contributed by atoms with Gasteiger partial charge in [0.2, 0.25) is 11.8 Å². The number of halogens is 1. The second-order valence-corrected chi connectivity index (χ2v) is 8.31. The first-order valence-electron chi connectivity index (χ1n) is 11.4. The van der Waals surface area contributed by atoms with Crippen molar-refractivity contribution in [1.82, 2.24) is 10.2 Å². The molecule has 3 aromatic carbocycles. The average molecular weight is 447 g/mol. The Hall–Kier alpha value is -3.47. The van der Waals surface area contributed by atoms with Crippen LogP contribution in [0.3, 0.4) is 0 Å². The summed E-state index contributed by atoms with van der Waals surface area (Å²) in [6, 6.07) is 23.0. The molecule has 2 amide bonds. The van der Waals surface area contributed by atoms with Gasteiger partial charge in [0.05, 0.1) is 6.42 Å². The molecule has 0 aliphatic heterocycles. The predicted molar refractivity (Wildman–Crippen MR) is 129 cm³/mol. The van der Waals surface area contributed by atoms with Crippen LogP contribution in [0.1, 0.15) is 35.6 Å². The van der Waals surface area contributed by atoms with Crippen LogP contribution >= 0.6 is 0 Å². The van der Waals surface area contributed by atoms with Gasteiger partial charge in [0, 0.05) is 19.5 Å². The van der Waals surface area contributed by atoms with Gasteiger partial charge in [0.25, 0.3) is 0 Å². The summed E-state index contributed by atoms with van der Waals surface area (Å²) in [6.07, 6.45) is 1.32. The molecule has 0 saturated heterocycles. The minimum absolute atomic E-state index is 0.0957. The predicted octanol–water partition coefficient (Wildman–Crippen LogP) is 4.84. The number of carbonyl (C=O) groups is 2. The van der Waals surface area contributed by atoms with Crippen molar-refractivity contribution < 1.29 is 14.0 Å². The summed E-state index contributed by atoms with van der Waals surface area (Å²) < 4.78 is 13.3. The second kappa shape index (κ2) is 12.0. The van der Waals surface area contributed by atoms with Crippen molar-refractivity contribution in [2.45, 2.75) is 45.7 Å². The smallest absolute Gasteiger partial charge is 0.243 e. The third kappa shape index (κ3) is 7.28. The van der Waals surface area contributed by atoms with E-state index in [1.807, 2.05) is 68.4 Å². The van der Waals surface area contributed by atoms with E-state index in [0.29, 0.717) is 25.1 Å². The summed E-state index contributed by atoms with van der Waals surface area (Å²) in [5.74, 6) is -0.682. The van der Waals surface area contributed by atoms with Gasteiger partial charge in [0.1, 0.15) is 11.9 Å². The third-order valence-corrected chi connectivity index (χ3v) is 5.56. The molecular weight excluding hydrogens is 415 g/mol. The molecule has 33 heavy (non-hydrogen) atoms. The molecule has 0 radical (unpaired) electrons. The zero-order chi connectivity index (χ0) is 23.6. The lowest BCUT2D eigenvalue weighted by Crippen LogP contribution is -2.51. The summed E-state index contributed by atoms with van der Waals surface area (Å²) in [6.45, 7) is 4.87. The van der Waals surface area contributed by atoms with Crippen LogP contribution in [0.5, 0.6) is 0 Å². The minimum Gasteiger partial charge on any atom is -0.354 e. The number of rotatable bonds is 10. The summed E-state index contributed by atoms with van der Waals surface area (Å²) in [5.41, 5.74) is 3.78. The standard InChI is InChI=1S/C28H31FN2O2/c1-3-17-30-28(33)26(18-22-7-5-4-6-8-22)31(20-24-11-9-21(2)10-12-24)27(32)19-23-13-15-25(29)16-14-23/h4-16,26H,3,17-20H2,1-2H3,(H,30,33). The molecule has 0 heterocycles. The van der Waals surface area contributed by atoms with Gasteiger partial charge < -0.3 is 10.2 Å². The second-order valence-electron chi connectivity index (χ2n) is 8.31. The lowest BCUT2D eigenvalue weighted by molar-refractivity contribution is -0.140. The van der Waals surface area contributed by atoms with E-state index in [9.17, 15) is 14.0 Å². The fourth-order valence-electron chi connectivity index (χ4n) is 3.69. The number of nitrogens with one attached hydrogen (secondary N) is 1. The van der Waals surface area contributed by atoms with Crippen LogP contribution < -0.4 is 5.32 Å². The Morgan fingerprint density at radius 1 is 0.879 bits per heavy atom. The van der Waals surface area contributed by atoms with Crippen LogP contribution in [0, 0.1) is 12.7 Å². The van der Waals surface area contributed by atoms with Gasteiger partial charge >= 0.3 is 0 Å². The van der Waals surface area contributed by atoms with Crippen LogP contribution in [0.4, 0.5) is 4.39 Å². The molecule has 0 fully saturated rings. The average Bonchev–Trinajstić information content (AvgIpc) is 2.83. The third-order valence-electron chi connectivity index (χ3n) is 5.56. The van der Waals surface area contributed by atoms with Gasteiger partial charge in [-0.3, -0.25) is 9.59 Å². The lowest BCUT2D eigenvalue weighted by Gasteiger charge is -2.31. The molecule has 5 heteroatoms. The van der Waals surface area contributed by atoms with Crippen molar-refractivity contribution in [3.8, 4) is 0 Å². The normalized spacial score (nSPS) is 11.6. The minimum atomic E-state index is -0.659. The van der Waals surface area contributed by atoms with E-state index in [4.69, 9.17) is 0 Å². The molecule has 0 bridgehead atoms. The molecule has 1 N–H and O–H groups in total. The summed E-state index contributed by atoms with van der Waals surface area (Å²) >= 11 is 0. The Kier molecular flexibility index (Phi) is 8.76. The first-order chi connectivity index (χ1) is 16.0. The van der Waals surface area contributed by atoms with E-state index >= 15 is 0 Å². The molecule has 3 aromatic rings. The monoisotopic (exact) mass is 446 g/mol. The van der Waals surface area contributed by atoms with Crippen molar-refractivity contribution in [1.29, 1.82) is 0 Å². The van der Waals surface area contributed by atoms with E-state index in [2.05, 4.69) is 5.32 Å². The van der Waals surface area contributed by atoms with E-state index in [-0.39, 0.29) is 24.1 Å². The van der Waals surface area contributed by atoms with Crippen molar-refractivity contribution in [2.75, 3.05) is 6.54 Å². The Balaban J connectivity index is 1.93. The molecule has 0 aliphatic carbocycles. The quantitative estimate of drug-likeness (QED) is 0.484. The number of benzene rings is 3. The Morgan fingerprint density at radius 3 is 2.15 bits per heavy atom. The molecule has 0 aliphatic rings. The maximum Gasteiger partial charge on any atom is 0.243 e. The highest BCUT2D eigenvalue weighted by Gasteiger charge is 2.30. The van der Waals surface area contributed by atoms with E-state index in [1.165, 1.54) is 12.1 Å². The van der Waals surface area contributed by atoms with Gasteiger partial charge in [-0.05, 0) is 42.2 Å². The topological polar surface area (TPSA) is 49.4 Å². The Morgan fingerprint density at radius 2 is 1.52 bits per heavy atom. The highest BCUT2D eigenvalue weighted by Crippen LogP contribution is 2.17. The largest absolute Gasteiger partial charge is 0.354 e. The first-order valence-corrected chi connectivity index (χ1v) is 11.4. The number of nitrogens with zero attached hydrogens (tertiary/aromatic N) is 1. The van der Waals surface area contributed by atoms with Gasteiger partial charge in [-0.15, -0.1) is 0 Å². The highest BCUT2D eigenvalue weighted by molar-refractivity contribution is 5.88. The first kappa shape index (κ1) is 24.2. The zero-order valence-corrected chi connectivity index (χ0v) is 19.3. The van der Waals surface area contributed by atoms with Gasteiger partial charge in [0.15, 0.2) is 0 Å². The lowest BCUT2D eigenvalue weighted by atomic mass is 10.0. The number of hydrogen-bond acceptors (Lipinski definition) is 2. The van der Waals surface area contributed by atoms with Crippen LogP contribution in [0.2, 0.25) is 0 Å². The molecule has 4 nitrogen and oxygen atoms in total. The molecule has 1 atom stereocenters. The fraction of sp³-hybridized carbons (Fsp3) is 0.286. The van der Waals surface area contributed by atoms with Crippen molar-refractivity contribution in [3.63, 3.8) is 0 Å². The number of amides is 2. The maximum absolute atomic E-state index is 13.5. The van der Waals surface area contributed by atoms with Gasteiger partial charge in [-0.2, -0.15) is 0 Å². The van der Waals surface area contributed by atoms with Gasteiger partial charge in [-0.1, -0.05) is 79.2 Å². The summed E-state index contributed by atoms with van der Waals surface area (Å²) in [7, 11) is 0. The van der Waals surface area contributed by atoms with Crippen molar-refractivity contribution in [3.05, 3.63) is 107 Å². The SMILES string of the molecule is CCCNC(=O)C(Cc1ccccc1)N(Cc1ccc(C)cc1)C(=O)Cc1ccc(F)cc1. The van der Waals surface area contributed by atoms with E-state index < -0.39 is 6.04 Å². The fourth-order valence-corrected chi connectivity index (χ4v) is 3.69. The molecule has 3 rings (SSSR count). The number of aryl methyl sites for hydroxylation is 1. The molecular formula is C28H31FN2O2. The zero-order valence-electron chi connectivity index (χ0n) is 19.3. The molecule has 0 spiro atoms.